The van der Waals surface area contributed by atoms with Gasteiger partial charge >= 0.3 is 0 Å². The van der Waals surface area contributed by atoms with Gasteiger partial charge in [0.15, 0.2) is 0 Å². The van der Waals surface area contributed by atoms with Crippen LogP contribution in [0.15, 0.2) is 85.2 Å². The molecule has 0 bridgehead atoms. The van der Waals surface area contributed by atoms with E-state index < -0.39 is 6.10 Å². The minimum absolute atomic E-state index is 0.0346. The van der Waals surface area contributed by atoms with Crippen LogP contribution in [-0.2, 0) is 6.42 Å². The van der Waals surface area contributed by atoms with Gasteiger partial charge in [-0.05, 0) is 48.4 Å². The van der Waals surface area contributed by atoms with Crippen molar-refractivity contribution in [3.8, 4) is 17.4 Å². The first-order valence-corrected chi connectivity index (χ1v) is 10.6. The molecule has 0 aliphatic heterocycles. The summed E-state index contributed by atoms with van der Waals surface area (Å²) in [6.45, 7) is 0.478. The number of benzene rings is 2. The number of para-hydroxylation sites is 1. The molecular weight excluding hydrogens is 406 g/mol. The van der Waals surface area contributed by atoms with Gasteiger partial charge in [-0.1, -0.05) is 36.4 Å². The van der Waals surface area contributed by atoms with Crippen LogP contribution in [0.3, 0.4) is 0 Å². The van der Waals surface area contributed by atoms with Gasteiger partial charge in [0.05, 0.1) is 6.61 Å². The van der Waals surface area contributed by atoms with Crippen LogP contribution in [0, 0.1) is 0 Å². The third kappa shape index (κ3) is 5.85. The topological polar surface area (TPSA) is 88.3 Å². The molecule has 7 nitrogen and oxygen atoms in total. The van der Waals surface area contributed by atoms with E-state index in [4.69, 9.17) is 9.47 Å². The van der Waals surface area contributed by atoms with E-state index in [1.54, 1.807) is 6.20 Å². The molecule has 0 saturated carbocycles. The van der Waals surface area contributed by atoms with E-state index >= 15 is 0 Å². The highest BCUT2D eigenvalue weighted by atomic mass is 16.5. The number of hydrogen-bond donors (Lipinski definition) is 3. The highest BCUT2D eigenvalue weighted by Gasteiger charge is 2.12. The molecule has 166 valence electrons. The molecule has 2 atom stereocenters. The molecule has 2 aromatic carbocycles. The summed E-state index contributed by atoms with van der Waals surface area (Å²) in [5.41, 5.74) is 1.88. The van der Waals surface area contributed by atoms with E-state index in [1.807, 2.05) is 83.4 Å². The SMILES string of the molecule is OC[C@H](Cc1ccc(Oc2cccc3nccn23)cc1)NC[C@H](O)COc1ccccc1. The van der Waals surface area contributed by atoms with Gasteiger partial charge in [-0.2, -0.15) is 0 Å². The molecular formula is C25H27N3O4. The molecule has 0 amide bonds. The normalized spacial score (nSPS) is 13.1. The van der Waals surface area contributed by atoms with Crippen LogP contribution in [-0.4, -0.2) is 51.5 Å². The minimum Gasteiger partial charge on any atom is -0.491 e. The van der Waals surface area contributed by atoms with Crippen LogP contribution < -0.4 is 14.8 Å². The second kappa shape index (κ2) is 10.8. The molecule has 0 aliphatic rings. The molecule has 7 heteroatoms. The summed E-state index contributed by atoms with van der Waals surface area (Å²) in [5.74, 6) is 2.13. The number of fused-ring (bicyclic) bond motifs is 1. The van der Waals surface area contributed by atoms with Crippen LogP contribution in [0.2, 0.25) is 0 Å². The summed E-state index contributed by atoms with van der Waals surface area (Å²) in [4.78, 5) is 4.26. The number of ether oxygens (including phenoxy) is 2. The zero-order chi connectivity index (χ0) is 22.2. The smallest absolute Gasteiger partial charge is 0.205 e. The second-order valence-corrected chi connectivity index (χ2v) is 7.54. The predicted octanol–water partition coefficient (Wildman–Crippen LogP) is 3.06. The van der Waals surface area contributed by atoms with E-state index in [0.29, 0.717) is 18.8 Å². The second-order valence-electron chi connectivity index (χ2n) is 7.54. The van der Waals surface area contributed by atoms with Gasteiger partial charge in [-0.15, -0.1) is 0 Å². The Hall–Kier alpha value is -3.39. The third-order valence-electron chi connectivity index (χ3n) is 5.07. The maximum atomic E-state index is 10.2. The lowest BCUT2D eigenvalue weighted by atomic mass is 10.1. The average molecular weight is 434 g/mol. The van der Waals surface area contributed by atoms with Gasteiger partial charge in [0.25, 0.3) is 0 Å². The summed E-state index contributed by atoms with van der Waals surface area (Å²) in [5, 5.41) is 23.1. The number of hydrogen-bond acceptors (Lipinski definition) is 6. The van der Waals surface area contributed by atoms with E-state index in [-0.39, 0.29) is 19.3 Å². The van der Waals surface area contributed by atoms with E-state index in [2.05, 4.69) is 10.3 Å². The Kier molecular flexibility index (Phi) is 7.34. The number of aromatic nitrogens is 2. The van der Waals surface area contributed by atoms with Crippen molar-refractivity contribution in [3.63, 3.8) is 0 Å². The van der Waals surface area contributed by atoms with Crippen molar-refractivity contribution in [3.05, 3.63) is 90.8 Å². The van der Waals surface area contributed by atoms with E-state index in [9.17, 15) is 10.2 Å². The Balaban J connectivity index is 1.26. The van der Waals surface area contributed by atoms with Crippen LogP contribution >= 0.6 is 0 Å². The fourth-order valence-corrected chi connectivity index (χ4v) is 3.38. The maximum absolute atomic E-state index is 10.2. The van der Waals surface area contributed by atoms with Gasteiger partial charge in [-0.3, -0.25) is 4.40 Å². The molecule has 4 aromatic rings. The summed E-state index contributed by atoms with van der Waals surface area (Å²) in [6.07, 6.45) is 3.54. The first kappa shape index (κ1) is 21.8. The molecule has 0 saturated heterocycles. The van der Waals surface area contributed by atoms with E-state index in [1.165, 1.54) is 0 Å². The van der Waals surface area contributed by atoms with Gasteiger partial charge in [-0.25, -0.2) is 4.98 Å². The lowest BCUT2D eigenvalue weighted by Gasteiger charge is -2.19. The zero-order valence-corrected chi connectivity index (χ0v) is 17.7. The molecule has 0 unspecified atom stereocenters. The predicted molar refractivity (Wildman–Crippen MR) is 122 cm³/mol. The molecule has 0 fully saturated rings. The van der Waals surface area contributed by atoms with Crippen molar-refractivity contribution in [1.29, 1.82) is 0 Å². The highest BCUT2D eigenvalue weighted by molar-refractivity contribution is 5.43. The molecule has 0 aliphatic carbocycles. The molecule has 3 N–H and O–H groups in total. The standard InChI is InChI=1S/C25H27N3O4/c29-17-20(27-16-21(30)18-31-22-5-2-1-3-6-22)15-19-9-11-23(12-10-19)32-25-8-4-7-24-26-13-14-28(24)25/h1-14,20-21,27,29-30H,15-18H2/t20-,21-/m0/s1. The number of nitrogens with zero attached hydrogens (tertiary/aromatic N) is 2. The van der Waals surface area contributed by atoms with Crippen LogP contribution in [0.4, 0.5) is 0 Å². The molecule has 2 heterocycles. The van der Waals surface area contributed by atoms with Crippen molar-refractivity contribution < 1.29 is 19.7 Å². The summed E-state index contributed by atoms with van der Waals surface area (Å²) in [6, 6.07) is 22.7. The average Bonchev–Trinajstić information content (AvgIpc) is 3.32. The van der Waals surface area contributed by atoms with Crippen LogP contribution in [0.1, 0.15) is 5.56 Å². The Labute approximate surface area is 186 Å². The van der Waals surface area contributed by atoms with Gasteiger partial charge in [0.2, 0.25) is 5.88 Å². The number of aliphatic hydroxyl groups is 2. The Bertz CT molecular complexity index is 1100. The van der Waals surface area contributed by atoms with Gasteiger partial charge in [0.1, 0.15) is 29.9 Å². The molecule has 0 radical (unpaired) electrons. The quantitative estimate of drug-likeness (QED) is 0.337. The lowest BCUT2D eigenvalue weighted by Crippen LogP contribution is -2.41. The third-order valence-corrected chi connectivity index (χ3v) is 5.07. The number of aliphatic hydroxyl groups excluding tert-OH is 2. The molecule has 2 aromatic heterocycles. The Morgan fingerprint density at radius 3 is 2.53 bits per heavy atom. The summed E-state index contributed by atoms with van der Waals surface area (Å²) < 4.78 is 13.4. The number of pyridine rings is 1. The van der Waals surface area contributed by atoms with Gasteiger partial charge in [0, 0.05) is 25.0 Å². The largest absolute Gasteiger partial charge is 0.491 e. The van der Waals surface area contributed by atoms with Crippen molar-refractivity contribution in [1.82, 2.24) is 14.7 Å². The molecule has 0 spiro atoms. The Morgan fingerprint density at radius 2 is 1.75 bits per heavy atom. The highest BCUT2D eigenvalue weighted by Crippen LogP contribution is 2.23. The lowest BCUT2D eigenvalue weighted by molar-refractivity contribution is 0.0997. The molecule has 4 rings (SSSR count). The fourth-order valence-electron chi connectivity index (χ4n) is 3.38. The first-order valence-electron chi connectivity index (χ1n) is 10.6. The molecule has 32 heavy (non-hydrogen) atoms. The fraction of sp³-hybridized carbons (Fsp3) is 0.240. The summed E-state index contributed by atoms with van der Waals surface area (Å²) in [7, 11) is 0. The summed E-state index contributed by atoms with van der Waals surface area (Å²) >= 11 is 0. The monoisotopic (exact) mass is 433 g/mol. The maximum Gasteiger partial charge on any atom is 0.205 e. The number of rotatable bonds is 11. The van der Waals surface area contributed by atoms with Crippen molar-refractivity contribution in [2.24, 2.45) is 0 Å². The number of imidazole rings is 1. The van der Waals surface area contributed by atoms with E-state index in [0.717, 1.165) is 22.7 Å². The van der Waals surface area contributed by atoms with Crippen LogP contribution in [0.25, 0.3) is 5.65 Å². The number of nitrogens with one attached hydrogen (secondary N) is 1. The van der Waals surface area contributed by atoms with Crippen molar-refractivity contribution >= 4 is 5.65 Å². The minimum atomic E-state index is -0.675. The zero-order valence-electron chi connectivity index (χ0n) is 17.7. The van der Waals surface area contributed by atoms with Crippen molar-refractivity contribution in [2.75, 3.05) is 19.8 Å². The first-order chi connectivity index (χ1) is 15.7. The van der Waals surface area contributed by atoms with Gasteiger partial charge < -0.3 is 25.0 Å². The van der Waals surface area contributed by atoms with Crippen LogP contribution in [0.5, 0.6) is 17.4 Å². The van der Waals surface area contributed by atoms with Crippen molar-refractivity contribution in [2.45, 2.75) is 18.6 Å². The Morgan fingerprint density at radius 1 is 0.938 bits per heavy atom.